The van der Waals surface area contributed by atoms with E-state index in [1.807, 2.05) is 13.0 Å². The van der Waals surface area contributed by atoms with E-state index in [1.54, 1.807) is 6.07 Å². The topological polar surface area (TPSA) is 15.3 Å². The first-order chi connectivity index (χ1) is 8.16. The molecule has 0 radical (unpaired) electrons. The van der Waals surface area contributed by atoms with Gasteiger partial charge in [0.15, 0.2) is 0 Å². The summed E-state index contributed by atoms with van der Waals surface area (Å²) in [7, 11) is 0. The Balaban J connectivity index is 1.96. The maximum atomic E-state index is 13.5. The molecule has 1 N–H and O–H groups in total. The summed E-state index contributed by atoms with van der Waals surface area (Å²) in [4.78, 5) is 2.44. The molecule has 1 aromatic rings. The molecule has 1 fully saturated rings. The molecule has 17 heavy (non-hydrogen) atoms. The van der Waals surface area contributed by atoms with Crippen molar-refractivity contribution in [2.75, 3.05) is 32.7 Å². The van der Waals surface area contributed by atoms with E-state index >= 15 is 0 Å². The SMILES string of the molecule is Cc1cc(C)c(CCN2CCNCC2)cc1F. The lowest BCUT2D eigenvalue weighted by atomic mass is 10.0. The van der Waals surface area contributed by atoms with Crippen molar-refractivity contribution in [2.45, 2.75) is 20.3 Å². The average molecular weight is 236 g/mol. The van der Waals surface area contributed by atoms with Crippen LogP contribution in [0.25, 0.3) is 0 Å². The molecule has 2 rings (SSSR count). The second-order valence-electron chi connectivity index (χ2n) is 4.87. The number of aryl methyl sites for hydroxylation is 2. The summed E-state index contributed by atoms with van der Waals surface area (Å²) in [6.07, 6.45) is 0.947. The average Bonchev–Trinajstić information content (AvgIpc) is 2.33. The van der Waals surface area contributed by atoms with Crippen molar-refractivity contribution in [2.24, 2.45) is 0 Å². The van der Waals surface area contributed by atoms with E-state index in [2.05, 4.69) is 17.1 Å². The number of hydrogen-bond donors (Lipinski definition) is 1. The maximum absolute atomic E-state index is 13.5. The van der Waals surface area contributed by atoms with Crippen LogP contribution < -0.4 is 5.32 Å². The van der Waals surface area contributed by atoms with Gasteiger partial charge < -0.3 is 10.2 Å². The number of rotatable bonds is 3. The lowest BCUT2D eigenvalue weighted by Crippen LogP contribution is -2.44. The van der Waals surface area contributed by atoms with Gasteiger partial charge in [-0.2, -0.15) is 0 Å². The fourth-order valence-electron chi connectivity index (χ4n) is 2.35. The normalized spacial score (nSPS) is 17.4. The van der Waals surface area contributed by atoms with Crippen LogP contribution in [0, 0.1) is 19.7 Å². The highest BCUT2D eigenvalue weighted by molar-refractivity contribution is 5.31. The van der Waals surface area contributed by atoms with E-state index in [1.165, 1.54) is 5.56 Å². The number of nitrogens with zero attached hydrogens (tertiary/aromatic N) is 1. The molecule has 0 spiro atoms. The minimum Gasteiger partial charge on any atom is -0.314 e. The van der Waals surface area contributed by atoms with Crippen LogP contribution in [0.15, 0.2) is 12.1 Å². The van der Waals surface area contributed by atoms with Crippen LogP contribution in [0.4, 0.5) is 4.39 Å². The van der Waals surface area contributed by atoms with Gasteiger partial charge in [0.2, 0.25) is 0 Å². The van der Waals surface area contributed by atoms with E-state index in [4.69, 9.17) is 0 Å². The van der Waals surface area contributed by atoms with Crippen molar-refractivity contribution >= 4 is 0 Å². The van der Waals surface area contributed by atoms with Crippen LogP contribution in [-0.2, 0) is 6.42 Å². The monoisotopic (exact) mass is 236 g/mol. The maximum Gasteiger partial charge on any atom is 0.126 e. The van der Waals surface area contributed by atoms with Gasteiger partial charge in [-0.1, -0.05) is 6.07 Å². The number of benzene rings is 1. The molecule has 0 amide bonds. The van der Waals surface area contributed by atoms with Crippen molar-refractivity contribution in [3.05, 3.63) is 34.6 Å². The van der Waals surface area contributed by atoms with Gasteiger partial charge in [-0.05, 0) is 43.0 Å². The van der Waals surface area contributed by atoms with Crippen LogP contribution in [0.3, 0.4) is 0 Å². The van der Waals surface area contributed by atoms with E-state index in [0.717, 1.165) is 50.3 Å². The minimum absolute atomic E-state index is 0.0779. The Labute approximate surface area is 103 Å². The molecule has 1 heterocycles. The Morgan fingerprint density at radius 3 is 2.59 bits per heavy atom. The predicted octanol–water partition coefficient (Wildman–Crippen LogP) is 1.89. The smallest absolute Gasteiger partial charge is 0.126 e. The van der Waals surface area contributed by atoms with Crippen LogP contribution >= 0.6 is 0 Å². The fraction of sp³-hybridized carbons (Fsp3) is 0.571. The van der Waals surface area contributed by atoms with Crippen molar-refractivity contribution in [1.29, 1.82) is 0 Å². The number of hydrogen-bond acceptors (Lipinski definition) is 2. The molecule has 1 saturated heterocycles. The number of piperazine rings is 1. The van der Waals surface area contributed by atoms with Gasteiger partial charge in [-0.25, -0.2) is 4.39 Å². The summed E-state index contributed by atoms with van der Waals surface area (Å²) in [5.41, 5.74) is 3.10. The zero-order valence-corrected chi connectivity index (χ0v) is 10.7. The molecule has 0 aromatic heterocycles. The predicted molar refractivity (Wildman–Crippen MR) is 68.9 cm³/mol. The third-order valence-electron chi connectivity index (χ3n) is 3.52. The van der Waals surface area contributed by atoms with Crippen molar-refractivity contribution in [3.63, 3.8) is 0 Å². The quantitative estimate of drug-likeness (QED) is 0.862. The van der Waals surface area contributed by atoms with Crippen LogP contribution in [-0.4, -0.2) is 37.6 Å². The molecule has 1 aliphatic heterocycles. The van der Waals surface area contributed by atoms with E-state index in [-0.39, 0.29) is 5.82 Å². The first-order valence-electron chi connectivity index (χ1n) is 6.35. The Kier molecular flexibility index (Phi) is 4.13. The molecular weight excluding hydrogens is 215 g/mol. The summed E-state index contributed by atoms with van der Waals surface area (Å²) in [6, 6.07) is 3.65. The van der Waals surface area contributed by atoms with E-state index < -0.39 is 0 Å². The van der Waals surface area contributed by atoms with Gasteiger partial charge in [0, 0.05) is 32.7 Å². The molecule has 1 aromatic carbocycles. The highest BCUT2D eigenvalue weighted by atomic mass is 19.1. The van der Waals surface area contributed by atoms with Gasteiger partial charge in [0.25, 0.3) is 0 Å². The molecule has 0 atom stereocenters. The first-order valence-corrected chi connectivity index (χ1v) is 6.35. The highest BCUT2D eigenvalue weighted by Gasteiger charge is 2.10. The summed E-state index contributed by atoms with van der Waals surface area (Å²) in [5.74, 6) is -0.0779. The summed E-state index contributed by atoms with van der Waals surface area (Å²) < 4.78 is 13.5. The molecule has 0 aliphatic carbocycles. The lowest BCUT2D eigenvalue weighted by molar-refractivity contribution is 0.243. The third kappa shape index (κ3) is 3.27. The van der Waals surface area contributed by atoms with Gasteiger partial charge >= 0.3 is 0 Å². The Morgan fingerprint density at radius 1 is 1.18 bits per heavy atom. The number of nitrogens with one attached hydrogen (secondary N) is 1. The van der Waals surface area contributed by atoms with E-state index in [9.17, 15) is 4.39 Å². The number of halogens is 1. The molecular formula is C14H21FN2. The van der Waals surface area contributed by atoms with Crippen LogP contribution in [0.2, 0.25) is 0 Å². The highest BCUT2D eigenvalue weighted by Crippen LogP contribution is 2.15. The van der Waals surface area contributed by atoms with Crippen molar-refractivity contribution < 1.29 is 4.39 Å². The van der Waals surface area contributed by atoms with Gasteiger partial charge in [0.05, 0.1) is 0 Å². The zero-order valence-electron chi connectivity index (χ0n) is 10.7. The van der Waals surface area contributed by atoms with Crippen molar-refractivity contribution in [3.8, 4) is 0 Å². The Morgan fingerprint density at radius 2 is 1.88 bits per heavy atom. The second kappa shape index (κ2) is 5.61. The van der Waals surface area contributed by atoms with Crippen LogP contribution in [0.5, 0.6) is 0 Å². The standard InChI is InChI=1S/C14H21FN2/c1-11-9-12(2)14(15)10-13(11)3-6-17-7-4-16-5-8-17/h9-10,16H,3-8H2,1-2H3. The minimum atomic E-state index is -0.0779. The molecule has 1 aliphatic rings. The summed E-state index contributed by atoms with van der Waals surface area (Å²) in [5, 5.41) is 3.34. The molecule has 94 valence electrons. The fourth-order valence-corrected chi connectivity index (χ4v) is 2.35. The summed E-state index contributed by atoms with van der Waals surface area (Å²) >= 11 is 0. The third-order valence-corrected chi connectivity index (χ3v) is 3.52. The zero-order chi connectivity index (χ0) is 12.3. The van der Waals surface area contributed by atoms with Gasteiger partial charge in [-0.15, -0.1) is 0 Å². The largest absolute Gasteiger partial charge is 0.314 e. The lowest BCUT2D eigenvalue weighted by Gasteiger charge is -2.27. The second-order valence-corrected chi connectivity index (χ2v) is 4.87. The molecule has 3 heteroatoms. The first kappa shape index (κ1) is 12.5. The van der Waals surface area contributed by atoms with Gasteiger partial charge in [0.1, 0.15) is 5.82 Å². The molecule has 2 nitrogen and oxygen atoms in total. The molecule has 0 unspecified atom stereocenters. The van der Waals surface area contributed by atoms with E-state index in [0.29, 0.717) is 0 Å². The molecule has 0 bridgehead atoms. The van der Waals surface area contributed by atoms with Crippen LogP contribution in [0.1, 0.15) is 16.7 Å². The Hall–Kier alpha value is -0.930. The molecule has 0 saturated carbocycles. The van der Waals surface area contributed by atoms with Gasteiger partial charge in [-0.3, -0.25) is 0 Å². The van der Waals surface area contributed by atoms with Crippen molar-refractivity contribution in [1.82, 2.24) is 10.2 Å². The Bertz CT molecular complexity index is 384. The summed E-state index contributed by atoms with van der Waals surface area (Å²) in [6.45, 7) is 9.27.